The average molecular weight is 519 g/mol. The molecule has 1 aromatic heterocycles. The third-order valence-corrected chi connectivity index (χ3v) is 5.00. The van der Waals surface area contributed by atoms with Crippen LogP contribution in [0.25, 0.3) is 5.69 Å². The third-order valence-electron chi connectivity index (χ3n) is 3.97. The van der Waals surface area contributed by atoms with Crippen molar-refractivity contribution in [2.45, 2.75) is 33.7 Å². The van der Waals surface area contributed by atoms with Crippen LogP contribution in [0.3, 0.4) is 0 Å². The van der Waals surface area contributed by atoms with Crippen molar-refractivity contribution in [2.75, 3.05) is 25.1 Å². The summed E-state index contributed by atoms with van der Waals surface area (Å²) in [4.78, 5) is 4.64. The number of hydrogen-bond acceptors (Lipinski definition) is 4. The van der Waals surface area contributed by atoms with Gasteiger partial charge in [-0.2, -0.15) is 5.10 Å². The van der Waals surface area contributed by atoms with E-state index in [-0.39, 0.29) is 29.7 Å². The molecule has 2 aromatic rings. The minimum Gasteiger partial charge on any atom is -0.357 e. The zero-order valence-electron chi connectivity index (χ0n) is 16.9. The molecular formula is C19H30IN5O2S. The number of nitrogens with one attached hydrogen (secondary N) is 2. The standard InChI is InChI=1S/C19H29N5O2S.HI/c1-5-20-19(21-11-8-12-27(4,25)26)22-14-17-9-6-7-10-18(17)24-16(3)13-15(2)23-24;/h6-7,9-10,13H,5,8,11-12,14H2,1-4H3,(H2,20,21,22);1H. The number of aryl methyl sites for hydroxylation is 2. The van der Waals surface area contributed by atoms with Gasteiger partial charge in [-0.05, 0) is 44.9 Å². The van der Waals surface area contributed by atoms with Crippen molar-refractivity contribution in [3.8, 4) is 5.69 Å². The van der Waals surface area contributed by atoms with Crippen LogP contribution in [-0.4, -0.2) is 49.3 Å². The van der Waals surface area contributed by atoms with Crippen LogP contribution in [-0.2, 0) is 16.4 Å². The highest BCUT2D eigenvalue weighted by molar-refractivity contribution is 14.0. The highest BCUT2D eigenvalue weighted by atomic mass is 127. The van der Waals surface area contributed by atoms with Crippen LogP contribution in [0.1, 0.15) is 30.3 Å². The number of para-hydroxylation sites is 1. The van der Waals surface area contributed by atoms with E-state index in [1.54, 1.807) is 0 Å². The van der Waals surface area contributed by atoms with E-state index < -0.39 is 9.84 Å². The highest BCUT2D eigenvalue weighted by Crippen LogP contribution is 2.17. The van der Waals surface area contributed by atoms with Gasteiger partial charge in [-0.3, -0.25) is 0 Å². The average Bonchev–Trinajstić information content (AvgIpc) is 2.94. The molecule has 28 heavy (non-hydrogen) atoms. The van der Waals surface area contributed by atoms with Crippen molar-refractivity contribution in [1.29, 1.82) is 0 Å². The number of aromatic nitrogens is 2. The van der Waals surface area contributed by atoms with Crippen molar-refractivity contribution in [1.82, 2.24) is 20.4 Å². The second-order valence-corrected chi connectivity index (χ2v) is 8.83. The fraction of sp³-hybridized carbons (Fsp3) is 0.474. The van der Waals surface area contributed by atoms with E-state index >= 15 is 0 Å². The van der Waals surface area contributed by atoms with Gasteiger partial charge in [0.15, 0.2) is 5.96 Å². The maximum Gasteiger partial charge on any atom is 0.191 e. The summed E-state index contributed by atoms with van der Waals surface area (Å²) in [6, 6.07) is 10.1. The van der Waals surface area contributed by atoms with Gasteiger partial charge in [0, 0.05) is 25.0 Å². The molecule has 0 amide bonds. The first kappa shape index (κ1) is 24.4. The predicted octanol–water partition coefficient (Wildman–Crippen LogP) is 2.60. The molecule has 2 N–H and O–H groups in total. The molecule has 0 saturated heterocycles. The Kier molecular flexibility index (Phi) is 9.94. The van der Waals surface area contributed by atoms with Crippen molar-refractivity contribution in [3.63, 3.8) is 0 Å². The van der Waals surface area contributed by atoms with E-state index in [0.717, 1.165) is 29.2 Å². The molecule has 0 aliphatic rings. The lowest BCUT2D eigenvalue weighted by molar-refractivity contribution is 0.598. The summed E-state index contributed by atoms with van der Waals surface area (Å²) >= 11 is 0. The Morgan fingerprint density at radius 2 is 1.93 bits per heavy atom. The number of benzene rings is 1. The summed E-state index contributed by atoms with van der Waals surface area (Å²) in [5.74, 6) is 0.842. The molecule has 1 heterocycles. The van der Waals surface area contributed by atoms with Gasteiger partial charge >= 0.3 is 0 Å². The van der Waals surface area contributed by atoms with Crippen molar-refractivity contribution in [3.05, 3.63) is 47.3 Å². The summed E-state index contributed by atoms with van der Waals surface area (Å²) in [7, 11) is -2.94. The Labute approximate surface area is 185 Å². The largest absolute Gasteiger partial charge is 0.357 e. The van der Waals surface area contributed by atoms with Crippen molar-refractivity contribution < 1.29 is 8.42 Å². The second kappa shape index (κ2) is 11.4. The lowest BCUT2D eigenvalue weighted by Crippen LogP contribution is -2.38. The zero-order chi connectivity index (χ0) is 19.9. The summed E-state index contributed by atoms with van der Waals surface area (Å²) in [6.45, 7) is 7.80. The fourth-order valence-electron chi connectivity index (χ4n) is 2.77. The minimum atomic E-state index is -2.94. The molecule has 0 fully saturated rings. The van der Waals surface area contributed by atoms with E-state index in [1.807, 2.05) is 55.8 Å². The van der Waals surface area contributed by atoms with Crippen molar-refractivity contribution >= 4 is 39.8 Å². The minimum absolute atomic E-state index is 0. The molecule has 0 bridgehead atoms. The van der Waals surface area contributed by atoms with Gasteiger partial charge in [0.1, 0.15) is 9.84 Å². The van der Waals surface area contributed by atoms with Gasteiger partial charge in [-0.15, -0.1) is 24.0 Å². The predicted molar refractivity (Wildman–Crippen MR) is 126 cm³/mol. The maximum atomic E-state index is 11.2. The quantitative estimate of drug-likeness (QED) is 0.242. The molecule has 0 unspecified atom stereocenters. The SMILES string of the molecule is CCNC(=NCc1ccccc1-n1nc(C)cc1C)NCCCS(C)(=O)=O.I. The number of guanidine groups is 1. The Hall–Kier alpha value is -1.62. The molecule has 0 aliphatic carbocycles. The van der Waals surface area contributed by atoms with Crippen LogP contribution in [0.15, 0.2) is 35.3 Å². The number of rotatable bonds is 8. The second-order valence-electron chi connectivity index (χ2n) is 6.57. The van der Waals surface area contributed by atoms with Crippen LogP contribution >= 0.6 is 24.0 Å². The lowest BCUT2D eigenvalue weighted by atomic mass is 10.2. The molecule has 1 aromatic carbocycles. The van der Waals surface area contributed by atoms with Gasteiger partial charge in [0.05, 0.1) is 23.7 Å². The van der Waals surface area contributed by atoms with Crippen molar-refractivity contribution in [2.24, 2.45) is 4.99 Å². The maximum absolute atomic E-state index is 11.2. The summed E-state index contributed by atoms with van der Waals surface area (Å²) in [5.41, 5.74) is 4.14. The Morgan fingerprint density at radius 1 is 1.21 bits per heavy atom. The Balaban J connectivity index is 0.00000392. The number of sulfone groups is 1. The number of hydrogen-bond donors (Lipinski definition) is 2. The lowest BCUT2D eigenvalue weighted by Gasteiger charge is -2.13. The molecule has 2 rings (SSSR count). The first-order chi connectivity index (χ1) is 12.8. The van der Waals surface area contributed by atoms with E-state index in [0.29, 0.717) is 25.5 Å². The van der Waals surface area contributed by atoms with Gasteiger partial charge in [-0.1, -0.05) is 18.2 Å². The van der Waals surface area contributed by atoms with E-state index in [1.165, 1.54) is 6.26 Å². The smallest absolute Gasteiger partial charge is 0.191 e. The number of aliphatic imine (C=N–C) groups is 1. The summed E-state index contributed by atoms with van der Waals surface area (Å²) < 4.78 is 24.4. The molecule has 156 valence electrons. The van der Waals surface area contributed by atoms with Crippen LogP contribution < -0.4 is 10.6 Å². The number of nitrogens with zero attached hydrogens (tertiary/aromatic N) is 3. The van der Waals surface area contributed by atoms with Crippen LogP contribution in [0.4, 0.5) is 0 Å². The number of halogens is 1. The highest BCUT2D eigenvalue weighted by Gasteiger charge is 2.09. The van der Waals surface area contributed by atoms with E-state index in [2.05, 4.69) is 20.7 Å². The molecule has 0 radical (unpaired) electrons. The van der Waals surface area contributed by atoms with E-state index in [9.17, 15) is 8.42 Å². The summed E-state index contributed by atoms with van der Waals surface area (Å²) in [6.07, 6.45) is 1.80. The summed E-state index contributed by atoms with van der Waals surface area (Å²) in [5, 5.41) is 11.0. The van der Waals surface area contributed by atoms with Gasteiger partial charge < -0.3 is 10.6 Å². The van der Waals surface area contributed by atoms with Gasteiger partial charge in [-0.25, -0.2) is 18.1 Å². The molecular weight excluding hydrogens is 489 g/mol. The van der Waals surface area contributed by atoms with Crippen LogP contribution in [0.2, 0.25) is 0 Å². The molecule has 9 heteroatoms. The molecule has 0 atom stereocenters. The fourth-order valence-corrected chi connectivity index (χ4v) is 3.44. The first-order valence-corrected chi connectivity index (χ1v) is 11.2. The van der Waals surface area contributed by atoms with Crippen LogP contribution in [0, 0.1) is 13.8 Å². The molecule has 0 saturated carbocycles. The monoisotopic (exact) mass is 519 g/mol. The molecule has 7 nitrogen and oxygen atoms in total. The molecule has 0 spiro atoms. The first-order valence-electron chi connectivity index (χ1n) is 9.11. The van der Waals surface area contributed by atoms with E-state index in [4.69, 9.17) is 0 Å². The van der Waals surface area contributed by atoms with Crippen LogP contribution in [0.5, 0.6) is 0 Å². The normalized spacial score (nSPS) is 11.8. The topological polar surface area (TPSA) is 88.4 Å². The zero-order valence-corrected chi connectivity index (χ0v) is 20.0. The molecule has 0 aliphatic heterocycles. The van der Waals surface area contributed by atoms with Gasteiger partial charge in [0.25, 0.3) is 0 Å². The van der Waals surface area contributed by atoms with Gasteiger partial charge in [0.2, 0.25) is 0 Å². The Bertz CT molecular complexity index is 893. The third kappa shape index (κ3) is 7.78. The Morgan fingerprint density at radius 3 is 2.54 bits per heavy atom.